The first-order valence-corrected chi connectivity index (χ1v) is 5.51. The Balaban J connectivity index is 2.45. The van der Waals surface area contributed by atoms with Gasteiger partial charge in [-0.25, -0.2) is 4.98 Å². The zero-order valence-corrected chi connectivity index (χ0v) is 8.94. The minimum absolute atomic E-state index is 0.0257. The summed E-state index contributed by atoms with van der Waals surface area (Å²) in [5.41, 5.74) is 0.498. The van der Waals surface area contributed by atoms with Gasteiger partial charge < -0.3 is 5.11 Å². The van der Waals surface area contributed by atoms with Crippen LogP contribution >= 0.6 is 0 Å². The number of aliphatic hydroxyl groups is 1. The van der Waals surface area contributed by atoms with Crippen LogP contribution in [0.25, 0.3) is 0 Å². The SMILES string of the molecule is CCC(O)c1cc(=O)n2c(n1)CCCC2. The summed E-state index contributed by atoms with van der Waals surface area (Å²) in [5, 5.41) is 9.64. The Morgan fingerprint density at radius 3 is 3.13 bits per heavy atom. The first kappa shape index (κ1) is 10.4. The van der Waals surface area contributed by atoms with Crippen LogP contribution in [0.2, 0.25) is 0 Å². The molecule has 0 saturated carbocycles. The minimum atomic E-state index is -0.606. The van der Waals surface area contributed by atoms with Gasteiger partial charge in [-0.1, -0.05) is 6.92 Å². The summed E-state index contributed by atoms with van der Waals surface area (Å²) in [6.07, 6.45) is 2.96. The molecular weight excluding hydrogens is 192 g/mol. The molecule has 4 heteroatoms. The fourth-order valence-electron chi connectivity index (χ4n) is 1.94. The second-order valence-electron chi connectivity index (χ2n) is 3.97. The van der Waals surface area contributed by atoms with Crippen LogP contribution in [0, 0.1) is 0 Å². The fourth-order valence-corrected chi connectivity index (χ4v) is 1.94. The van der Waals surface area contributed by atoms with E-state index in [-0.39, 0.29) is 5.56 Å². The van der Waals surface area contributed by atoms with Crippen LogP contribution in [0.15, 0.2) is 10.9 Å². The maximum atomic E-state index is 11.7. The zero-order chi connectivity index (χ0) is 10.8. The number of hydrogen-bond acceptors (Lipinski definition) is 3. The van der Waals surface area contributed by atoms with Gasteiger partial charge in [0, 0.05) is 19.0 Å². The van der Waals surface area contributed by atoms with E-state index >= 15 is 0 Å². The molecule has 0 radical (unpaired) electrons. The quantitative estimate of drug-likeness (QED) is 0.789. The second-order valence-corrected chi connectivity index (χ2v) is 3.97. The molecule has 0 amide bonds. The largest absolute Gasteiger partial charge is 0.387 e. The Labute approximate surface area is 88.6 Å². The number of fused-ring (bicyclic) bond motifs is 1. The fraction of sp³-hybridized carbons (Fsp3) is 0.636. The van der Waals surface area contributed by atoms with Crippen LogP contribution < -0.4 is 5.56 Å². The molecule has 0 fully saturated rings. The summed E-state index contributed by atoms with van der Waals surface area (Å²) in [5.74, 6) is 0.830. The van der Waals surface area contributed by atoms with Gasteiger partial charge in [-0.05, 0) is 19.3 Å². The number of rotatable bonds is 2. The molecule has 1 aliphatic heterocycles. The third-order valence-electron chi connectivity index (χ3n) is 2.87. The third kappa shape index (κ3) is 1.95. The Hall–Kier alpha value is -1.16. The Bertz CT molecular complexity index is 412. The van der Waals surface area contributed by atoms with Crippen molar-refractivity contribution in [1.29, 1.82) is 0 Å². The van der Waals surface area contributed by atoms with Gasteiger partial charge in [0.05, 0.1) is 11.8 Å². The van der Waals surface area contributed by atoms with Crippen molar-refractivity contribution in [3.05, 3.63) is 27.9 Å². The molecule has 4 nitrogen and oxygen atoms in total. The van der Waals surface area contributed by atoms with E-state index in [9.17, 15) is 9.90 Å². The van der Waals surface area contributed by atoms with E-state index in [0.29, 0.717) is 12.1 Å². The number of hydrogen-bond donors (Lipinski definition) is 1. The maximum absolute atomic E-state index is 11.7. The highest BCUT2D eigenvalue weighted by atomic mass is 16.3. The summed E-state index contributed by atoms with van der Waals surface area (Å²) in [6.45, 7) is 2.65. The number of aromatic nitrogens is 2. The molecule has 1 atom stereocenters. The smallest absolute Gasteiger partial charge is 0.253 e. The van der Waals surface area contributed by atoms with Gasteiger partial charge in [-0.2, -0.15) is 0 Å². The molecule has 1 aromatic rings. The van der Waals surface area contributed by atoms with Gasteiger partial charge in [0.15, 0.2) is 0 Å². The number of aliphatic hydroxyl groups excluding tert-OH is 1. The van der Waals surface area contributed by atoms with Crippen LogP contribution in [0.1, 0.15) is 43.8 Å². The zero-order valence-electron chi connectivity index (χ0n) is 8.94. The van der Waals surface area contributed by atoms with Crippen molar-refractivity contribution in [3.63, 3.8) is 0 Å². The Kier molecular flexibility index (Phi) is 2.86. The van der Waals surface area contributed by atoms with E-state index < -0.39 is 6.10 Å². The van der Waals surface area contributed by atoms with Crippen LogP contribution in [0.4, 0.5) is 0 Å². The van der Waals surface area contributed by atoms with Gasteiger partial charge >= 0.3 is 0 Å². The molecule has 0 aliphatic carbocycles. The Morgan fingerprint density at radius 1 is 1.60 bits per heavy atom. The summed E-state index contributed by atoms with van der Waals surface area (Å²) >= 11 is 0. The van der Waals surface area contributed by atoms with E-state index in [1.54, 1.807) is 4.57 Å². The van der Waals surface area contributed by atoms with Crippen molar-refractivity contribution in [3.8, 4) is 0 Å². The van der Waals surface area contributed by atoms with Crippen LogP contribution in [-0.2, 0) is 13.0 Å². The first-order valence-electron chi connectivity index (χ1n) is 5.51. The molecule has 1 unspecified atom stereocenters. The summed E-state index contributed by atoms with van der Waals surface area (Å²) < 4.78 is 1.72. The predicted octanol–water partition coefficient (Wildman–Crippen LogP) is 1.02. The Morgan fingerprint density at radius 2 is 2.40 bits per heavy atom. The third-order valence-corrected chi connectivity index (χ3v) is 2.87. The van der Waals surface area contributed by atoms with E-state index in [1.807, 2.05) is 6.92 Å². The lowest BCUT2D eigenvalue weighted by atomic mass is 10.1. The summed E-state index contributed by atoms with van der Waals surface area (Å²) in [7, 11) is 0. The highest BCUT2D eigenvalue weighted by Crippen LogP contribution is 2.15. The van der Waals surface area contributed by atoms with Crippen LogP contribution in [0.3, 0.4) is 0 Å². The van der Waals surface area contributed by atoms with E-state index in [0.717, 1.165) is 31.6 Å². The standard InChI is InChI=1S/C11H16N2O2/c1-2-9(14)8-7-11(15)13-6-4-3-5-10(13)12-8/h7,9,14H,2-6H2,1H3. The van der Waals surface area contributed by atoms with Gasteiger partial charge in [0.1, 0.15) is 5.82 Å². The number of nitrogens with zero attached hydrogens (tertiary/aromatic N) is 2. The van der Waals surface area contributed by atoms with E-state index in [2.05, 4.69) is 4.98 Å². The second kappa shape index (κ2) is 4.14. The maximum Gasteiger partial charge on any atom is 0.253 e. The highest BCUT2D eigenvalue weighted by Gasteiger charge is 2.15. The highest BCUT2D eigenvalue weighted by molar-refractivity contribution is 5.08. The van der Waals surface area contributed by atoms with Crippen molar-refractivity contribution in [2.24, 2.45) is 0 Å². The predicted molar refractivity (Wildman–Crippen MR) is 56.7 cm³/mol. The minimum Gasteiger partial charge on any atom is -0.387 e. The number of aryl methyl sites for hydroxylation is 1. The van der Waals surface area contributed by atoms with E-state index in [1.165, 1.54) is 6.07 Å². The molecule has 1 aromatic heterocycles. The molecule has 2 heterocycles. The monoisotopic (exact) mass is 208 g/mol. The van der Waals surface area contributed by atoms with Crippen molar-refractivity contribution >= 4 is 0 Å². The molecule has 0 saturated heterocycles. The van der Waals surface area contributed by atoms with Crippen molar-refractivity contribution in [1.82, 2.24) is 9.55 Å². The average molecular weight is 208 g/mol. The first-order chi connectivity index (χ1) is 7.22. The van der Waals surface area contributed by atoms with Crippen molar-refractivity contribution in [2.45, 2.75) is 45.3 Å². The molecular formula is C11H16N2O2. The lowest BCUT2D eigenvalue weighted by Crippen LogP contribution is -2.29. The molecule has 0 spiro atoms. The molecule has 0 bridgehead atoms. The van der Waals surface area contributed by atoms with Gasteiger partial charge in [-0.15, -0.1) is 0 Å². The topological polar surface area (TPSA) is 55.1 Å². The lowest BCUT2D eigenvalue weighted by molar-refractivity contribution is 0.167. The lowest BCUT2D eigenvalue weighted by Gasteiger charge is -2.18. The van der Waals surface area contributed by atoms with Crippen molar-refractivity contribution in [2.75, 3.05) is 0 Å². The molecule has 1 N–H and O–H groups in total. The molecule has 2 rings (SSSR count). The van der Waals surface area contributed by atoms with Crippen molar-refractivity contribution < 1.29 is 5.11 Å². The van der Waals surface area contributed by atoms with E-state index in [4.69, 9.17) is 0 Å². The van der Waals surface area contributed by atoms with Gasteiger partial charge in [0.2, 0.25) is 0 Å². The van der Waals surface area contributed by atoms with Crippen LogP contribution in [-0.4, -0.2) is 14.7 Å². The van der Waals surface area contributed by atoms with Crippen LogP contribution in [0.5, 0.6) is 0 Å². The molecule has 82 valence electrons. The molecule has 1 aliphatic rings. The normalized spacial score (nSPS) is 17.2. The van der Waals surface area contributed by atoms with Gasteiger partial charge in [0.25, 0.3) is 5.56 Å². The molecule has 0 aromatic carbocycles. The summed E-state index contributed by atoms with van der Waals surface area (Å²) in [6, 6.07) is 1.46. The average Bonchev–Trinajstić information content (AvgIpc) is 2.28. The van der Waals surface area contributed by atoms with Gasteiger partial charge in [-0.3, -0.25) is 9.36 Å². The molecule has 15 heavy (non-hydrogen) atoms. The summed E-state index contributed by atoms with van der Waals surface area (Å²) in [4.78, 5) is 16.1.